The van der Waals surface area contributed by atoms with Crippen molar-refractivity contribution < 1.29 is 19.8 Å². The average Bonchev–Trinajstić information content (AvgIpc) is 2.13. The van der Waals surface area contributed by atoms with Gasteiger partial charge in [-0.2, -0.15) is 0 Å². The second kappa shape index (κ2) is 8.10. The molecule has 0 rings (SSSR count). The summed E-state index contributed by atoms with van der Waals surface area (Å²) in [6, 6.07) is 0. The van der Waals surface area contributed by atoms with Crippen LogP contribution in [0.15, 0.2) is 0 Å². The van der Waals surface area contributed by atoms with E-state index in [4.69, 9.17) is 5.11 Å². The first kappa shape index (κ1) is 14.9. The van der Waals surface area contributed by atoms with Crippen molar-refractivity contribution in [3.05, 3.63) is 0 Å². The highest BCUT2D eigenvalue weighted by Crippen LogP contribution is 2.03. The third-order valence-electron chi connectivity index (χ3n) is 2.07. The summed E-state index contributed by atoms with van der Waals surface area (Å²) in [5, 5.41) is 20.4. The number of amides is 1. The van der Waals surface area contributed by atoms with E-state index in [0.717, 1.165) is 0 Å². The molecule has 0 bridgehead atoms. The van der Waals surface area contributed by atoms with Crippen molar-refractivity contribution in [2.75, 3.05) is 6.54 Å². The molecule has 1 atom stereocenters. The summed E-state index contributed by atoms with van der Waals surface area (Å²) < 4.78 is 0. The van der Waals surface area contributed by atoms with Gasteiger partial charge in [0.25, 0.3) is 0 Å². The van der Waals surface area contributed by atoms with Gasteiger partial charge in [0.05, 0.1) is 6.10 Å². The maximum atomic E-state index is 11.2. The number of hydrogen-bond acceptors (Lipinski definition) is 3. The van der Waals surface area contributed by atoms with Crippen LogP contribution in [0.25, 0.3) is 0 Å². The maximum Gasteiger partial charge on any atom is 0.303 e. The van der Waals surface area contributed by atoms with Gasteiger partial charge in [0.2, 0.25) is 5.91 Å². The Morgan fingerprint density at radius 2 is 1.88 bits per heavy atom. The zero-order valence-electron chi connectivity index (χ0n) is 9.90. The second-order valence-corrected chi connectivity index (χ2v) is 4.33. The molecule has 0 saturated heterocycles. The lowest BCUT2D eigenvalue weighted by atomic mass is 10.1. The van der Waals surface area contributed by atoms with E-state index in [1.165, 1.54) is 0 Å². The van der Waals surface area contributed by atoms with Crippen LogP contribution in [0.1, 0.15) is 39.5 Å². The molecule has 0 saturated carbocycles. The first-order valence-electron chi connectivity index (χ1n) is 5.58. The third-order valence-corrected chi connectivity index (χ3v) is 2.07. The maximum absolute atomic E-state index is 11.2. The molecule has 1 amide bonds. The van der Waals surface area contributed by atoms with Crippen LogP contribution in [0.2, 0.25) is 0 Å². The Labute approximate surface area is 95.9 Å². The number of rotatable bonds is 8. The second-order valence-electron chi connectivity index (χ2n) is 4.33. The van der Waals surface area contributed by atoms with E-state index in [0.29, 0.717) is 18.8 Å². The molecule has 16 heavy (non-hydrogen) atoms. The summed E-state index contributed by atoms with van der Waals surface area (Å²) in [7, 11) is 0. The lowest BCUT2D eigenvalue weighted by Crippen LogP contribution is -2.32. The average molecular weight is 231 g/mol. The van der Waals surface area contributed by atoms with Gasteiger partial charge < -0.3 is 15.5 Å². The van der Waals surface area contributed by atoms with Gasteiger partial charge in [-0.1, -0.05) is 13.8 Å². The zero-order chi connectivity index (χ0) is 12.6. The van der Waals surface area contributed by atoms with Crippen LogP contribution in [-0.4, -0.2) is 34.7 Å². The molecular weight excluding hydrogens is 210 g/mol. The van der Waals surface area contributed by atoms with Crippen molar-refractivity contribution in [1.82, 2.24) is 5.32 Å². The first-order chi connectivity index (χ1) is 7.41. The Morgan fingerprint density at radius 1 is 1.25 bits per heavy atom. The fourth-order valence-corrected chi connectivity index (χ4v) is 1.35. The minimum Gasteiger partial charge on any atom is -0.481 e. The molecule has 94 valence electrons. The molecule has 5 heteroatoms. The third kappa shape index (κ3) is 9.45. The molecule has 0 heterocycles. The number of hydrogen-bond donors (Lipinski definition) is 3. The van der Waals surface area contributed by atoms with Gasteiger partial charge in [0.1, 0.15) is 0 Å². The Balaban J connectivity index is 3.53. The SMILES string of the molecule is CC(C)CC(O)CNC(=O)CCCC(=O)O. The van der Waals surface area contributed by atoms with E-state index in [1.807, 2.05) is 13.8 Å². The van der Waals surface area contributed by atoms with Gasteiger partial charge in [-0.15, -0.1) is 0 Å². The van der Waals surface area contributed by atoms with E-state index in [2.05, 4.69) is 5.32 Å². The molecule has 5 nitrogen and oxygen atoms in total. The zero-order valence-corrected chi connectivity index (χ0v) is 9.90. The highest BCUT2D eigenvalue weighted by atomic mass is 16.4. The summed E-state index contributed by atoms with van der Waals surface area (Å²) in [4.78, 5) is 21.4. The van der Waals surface area contributed by atoms with Gasteiger partial charge in [-0.3, -0.25) is 9.59 Å². The highest BCUT2D eigenvalue weighted by molar-refractivity contribution is 5.76. The van der Waals surface area contributed by atoms with Crippen molar-refractivity contribution in [1.29, 1.82) is 0 Å². The monoisotopic (exact) mass is 231 g/mol. The van der Waals surface area contributed by atoms with Crippen LogP contribution in [-0.2, 0) is 9.59 Å². The number of carbonyl (C=O) groups excluding carboxylic acids is 1. The fraction of sp³-hybridized carbons (Fsp3) is 0.818. The smallest absolute Gasteiger partial charge is 0.303 e. The molecule has 0 fully saturated rings. The van der Waals surface area contributed by atoms with Crippen LogP contribution in [0.4, 0.5) is 0 Å². The quantitative estimate of drug-likeness (QED) is 0.575. The molecule has 0 aromatic carbocycles. The summed E-state index contributed by atoms with van der Waals surface area (Å²) in [5.74, 6) is -0.712. The van der Waals surface area contributed by atoms with Crippen molar-refractivity contribution >= 4 is 11.9 Å². The number of carboxylic acids is 1. The predicted octanol–water partition coefficient (Wildman–Crippen LogP) is 0.764. The van der Waals surface area contributed by atoms with E-state index >= 15 is 0 Å². The number of aliphatic hydroxyl groups excluding tert-OH is 1. The molecule has 0 radical (unpaired) electrons. The fourth-order valence-electron chi connectivity index (χ4n) is 1.35. The van der Waals surface area contributed by atoms with Gasteiger partial charge >= 0.3 is 5.97 Å². The number of nitrogens with one attached hydrogen (secondary N) is 1. The van der Waals surface area contributed by atoms with Crippen molar-refractivity contribution in [3.8, 4) is 0 Å². The van der Waals surface area contributed by atoms with Crippen LogP contribution < -0.4 is 5.32 Å². The van der Waals surface area contributed by atoms with E-state index in [1.54, 1.807) is 0 Å². The number of aliphatic carboxylic acids is 1. The van der Waals surface area contributed by atoms with Crippen LogP contribution in [0.5, 0.6) is 0 Å². The van der Waals surface area contributed by atoms with Crippen molar-refractivity contribution in [3.63, 3.8) is 0 Å². The molecule has 1 unspecified atom stereocenters. The molecule has 0 aromatic heterocycles. The summed E-state index contributed by atoms with van der Waals surface area (Å²) in [6.45, 7) is 4.24. The summed E-state index contributed by atoms with van der Waals surface area (Å²) in [5.41, 5.74) is 0. The molecule has 0 aliphatic heterocycles. The summed E-state index contributed by atoms with van der Waals surface area (Å²) in [6.07, 6.45) is 0.655. The largest absolute Gasteiger partial charge is 0.481 e. The molecule has 0 aliphatic rings. The van der Waals surface area contributed by atoms with Gasteiger partial charge in [0, 0.05) is 19.4 Å². The van der Waals surface area contributed by atoms with E-state index < -0.39 is 12.1 Å². The van der Waals surface area contributed by atoms with Crippen LogP contribution in [0, 0.1) is 5.92 Å². The molecule has 3 N–H and O–H groups in total. The van der Waals surface area contributed by atoms with Crippen molar-refractivity contribution in [2.24, 2.45) is 5.92 Å². The molecule has 0 spiro atoms. The molecule has 0 aliphatic carbocycles. The van der Waals surface area contributed by atoms with Gasteiger partial charge in [-0.25, -0.2) is 0 Å². The lowest BCUT2D eigenvalue weighted by molar-refractivity contribution is -0.137. The first-order valence-corrected chi connectivity index (χ1v) is 5.58. The normalized spacial score (nSPS) is 12.5. The van der Waals surface area contributed by atoms with Crippen molar-refractivity contribution in [2.45, 2.75) is 45.6 Å². The van der Waals surface area contributed by atoms with E-state index in [-0.39, 0.29) is 25.3 Å². The Morgan fingerprint density at radius 3 is 2.38 bits per heavy atom. The number of carbonyl (C=O) groups is 2. The van der Waals surface area contributed by atoms with E-state index in [9.17, 15) is 14.7 Å². The topological polar surface area (TPSA) is 86.6 Å². The van der Waals surface area contributed by atoms with Crippen LogP contribution >= 0.6 is 0 Å². The summed E-state index contributed by atoms with van der Waals surface area (Å²) >= 11 is 0. The molecule has 0 aromatic rings. The number of aliphatic hydroxyl groups is 1. The van der Waals surface area contributed by atoms with Gasteiger partial charge in [0.15, 0.2) is 0 Å². The Kier molecular flexibility index (Phi) is 7.54. The Hall–Kier alpha value is -1.10. The van der Waals surface area contributed by atoms with Crippen LogP contribution in [0.3, 0.4) is 0 Å². The highest BCUT2D eigenvalue weighted by Gasteiger charge is 2.09. The van der Waals surface area contributed by atoms with Gasteiger partial charge in [-0.05, 0) is 18.8 Å². The lowest BCUT2D eigenvalue weighted by Gasteiger charge is -2.13. The minimum absolute atomic E-state index is 0.00195. The number of carboxylic acid groups (broad SMARTS) is 1. The molecular formula is C11H21NO4. The predicted molar refractivity (Wildman–Crippen MR) is 60.0 cm³/mol. The standard InChI is InChI=1S/C11H21NO4/c1-8(2)6-9(13)7-12-10(14)4-3-5-11(15)16/h8-9,13H,3-7H2,1-2H3,(H,12,14)(H,15,16). The minimum atomic E-state index is -0.896. The Bertz CT molecular complexity index is 228.